The first-order valence-corrected chi connectivity index (χ1v) is 8.20. The maximum Gasteiger partial charge on any atom is 0.190 e. The number of nitrogens with one attached hydrogen (secondary N) is 2. The molecule has 0 atom stereocenters. The Morgan fingerprint density at radius 2 is 1.82 bits per heavy atom. The maximum atomic E-state index is 4.25. The van der Waals surface area contributed by atoms with Crippen LogP contribution in [-0.2, 0) is 6.54 Å². The molecule has 0 saturated heterocycles. The van der Waals surface area contributed by atoms with Crippen LogP contribution in [0, 0.1) is 6.92 Å². The van der Waals surface area contributed by atoms with Crippen molar-refractivity contribution in [1.82, 2.24) is 20.2 Å². The summed E-state index contributed by atoms with van der Waals surface area (Å²) in [6, 6.07) is 0. The Morgan fingerprint density at radius 1 is 1.14 bits per heavy atom. The van der Waals surface area contributed by atoms with E-state index < -0.39 is 0 Å². The van der Waals surface area contributed by atoms with Crippen LogP contribution in [0.15, 0.2) is 17.4 Å². The van der Waals surface area contributed by atoms with Crippen LogP contribution in [-0.4, -0.2) is 35.6 Å². The molecular formula is C16H32IN5. The number of imidazole rings is 1. The molecule has 0 bridgehead atoms. The van der Waals surface area contributed by atoms with Gasteiger partial charge in [-0.25, -0.2) is 4.98 Å². The van der Waals surface area contributed by atoms with Crippen molar-refractivity contribution < 1.29 is 0 Å². The van der Waals surface area contributed by atoms with Crippen molar-refractivity contribution in [3.8, 4) is 0 Å². The third kappa shape index (κ3) is 9.27. The first kappa shape index (κ1) is 21.2. The normalized spacial score (nSPS) is 11.1. The highest BCUT2D eigenvalue weighted by molar-refractivity contribution is 14.0. The number of guanidine groups is 1. The van der Waals surface area contributed by atoms with Crippen LogP contribution in [0.1, 0.15) is 51.3 Å². The second kappa shape index (κ2) is 13.8. The topological polar surface area (TPSA) is 54.2 Å². The molecule has 0 fully saturated rings. The van der Waals surface area contributed by atoms with E-state index in [9.17, 15) is 0 Å². The number of rotatable bonds is 10. The van der Waals surface area contributed by atoms with Crippen LogP contribution in [0.3, 0.4) is 0 Å². The summed E-state index contributed by atoms with van der Waals surface area (Å²) in [6.45, 7) is 7.29. The fourth-order valence-corrected chi connectivity index (χ4v) is 2.23. The highest BCUT2D eigenvalue weighted by Gasteiger charge is 1.98. The van der Waals surface area contributed by atoms with E-state index in [-0.39, 0.29) is 24.0 Å². The second-order valence-electron chi connectivity index (χ2n) is 5.36. The van der Waals surface area contributed by atoms with E-state index in [0.717, 1.165) is 44.3 Å². The predicted octanol–water partition coefficient (Wildman–Crippen LogP) is 3.34. The number of aromatic nitrogens is 2. The zero-order valence-electron chi connectivity index (χ0n) is 14.3. The third-order valence-corrected chi connectivity index (χ3v) is 3.59. The van der Waals surface area contributed by atoms with Crippen molar-refractivity contribution in [2.24, 2.45) is 4.99 Å². The molecule has 0 unspecified atom stereocenters. The van der Waals surface area contributed by atoms with Gasteiger partial charge < -0.3 is 15.2 Å². The SMILES string of the molecule is CCCCCCNC(=NC)NCCCCn1ccnc1C.I. The molecule has 0 aliphatic carbocycles. The van der Waals surface area contributed by atoms with Gasteiger partial charge in [0.05, 0.1) is 0 Å². The van der Waals surface area contributed by atoms with E-state index in [1.807, 2.05) is 26.4 Å². The van der Waals surface area contributed by atoms with Crippen molar-refractivity contribution in [1.29, 1.82) is 0 Å². The van der Waals surface area contributed by atoms with Gasteiger partial charge in [0.2, 0.25) is 0 Å². The van der Waals surface area contributed by atoms with Gasteiger partial charge in [-0.3, -0.25) is 4.99 Å². The Hall–Kier alpha value is -0.790. The number of unbranched alkanes of at least 4 members (excludes halogenated alkanes) is 4. The van der Waals surface area contributed by atoms with Crippen LogP contribution in [0.2, 0.25) is 0 Å². The second-order valence-corrected chi connectivity index (χ2v) is 5.36. The minimum atomic E-state index is 0. The molecule has 1 heterocycles. The zero-order chi connectivity index (χ0) is 15.3. The third-order valence-electron chi connectivity index (χ3n) is 3.59. The molecule has 5 nitrogen and oxygen atoms in total. The first-order chi connectivity index (χ1) is 10.3. The summed E-state index contributed by atoms with van der Waals surface area (Å²) in [5.74, 6) is 2.01. The highest BCUT2D eigenvalue weighted by atomic mass is 127. The number of hydrogen-bond donors (Lipinski definition) is 2. The van der Waals surface area contributed by atoms with Gasteiger partial charge in [-0.2, -0.15) is 0 Å². The lowest BCUT2D eigenvalue weighted by Crippen LogP contribution is -2.38. The fraction of sp³-hybridized carbons (Fsp3) is 0.750. The van der Waals surface area contributed by atoms with Crippen LogP contribution in [0.25, 0.3) is 0 Å². The van der Waals surface area contributed by atoms with Gasteiger partial charge in [0.15, 0.2) is 5.96 Å². The number of halogens is 1. The number of aryl methyl sites for hydroxylation is 2. The van der Waals surface area contributed by atoms with E-state index in [4.69, 9.17) is 0 Å². The van der Waals surface area contributed by atoms with Crippen molar-refractivity contribution in [2.45, 2.75) is 58.9 Å². The Balaban J connectivity index is 0.00000441. The first-order valence-electron chi connectivity index (χ1n) is 8.20. The summed E-state index contributed by atoms with van der Waals surface area (Å²) in [5.41, 5.74) is 0. The van der Waals surface area contributed by atoms with Crippen LogP contribution in [0.5, 0.6) is 0 Å². The van der Waals surface area contributed by atoms with Crippen molar-refractivity contribution in [3.63, 3.8) is 0 Å². The molecule has 0 radical (unpaired) electrons. The van der Waals surface area contributed by atoms with Crippen molar-refractivity contribution in [2.75, 3.05) is 20.1 Å². The summed E-state index contributed by atoms with van der Waals surface area (Å²) in [4.78, 5) is 8.48. The van der Waals surface area contributed by atoms with E-state index in [2.05, 4.69) is 32.1 Å². The Bertz CT molecular complexity index is 403. The zero-order valence-corrected chi connectivity index (χ0v) is 16.6. The molecule has 0 spiro atoms. The highest BCUT2D eigenvalue weighted by Crippen LogP contribution is 1.99. The average molecular weight is 421 g/mol. The number of aliphatic imine (C=N–C) groups is 1. The van der Waals surface area contributed by atoms with Gasteiger partial charge in [0.1, 0.15) is 5.82 Å². The molecule has 0 aliphatic rings. The minimum absolute atomic E-state index is 0. The smallest absolute Gasteiger partial charge is 0.190 e. The molecule has 0 aliphatic heterocycles. The number of hydrogen-bond acceptors (Lipinski definition) is 2. The Kier molecular flexibility index (Phi) is 13.3. The largest absolute Gasteiger partial charge is 0.356 e. The molecule has 1 rings (SSSR count). The van der Waals surface area contributed by atoms with E-state index >= 15 is 0 Å². The molecule has 0 saturated carbocycles. The standard InChI is InChI=1S/C16H31N5.HI/c1-4-5-6-7-10-19-16(17-3)20-11-8-9-13-21-14-12-18-15(21)2;/h12,14H,4-11,13H2,1-3H3,(H2,17,19,20);1H. The minimum Gasteiger partial charge on any atom is -0.356 e. The molecule has 128 valence electrons. The summed E-state index contributed by atoms with van der Waals surface area (Å²) >= 11 is 0. The Labute approximate surface area is 152 Å². The van der Waals surface area contributed by atoms with E-state index in [0.29, 0.717) is 0 Å². The fourth-order valence-electron chi connectivity index (χ4n) is 2.23. The number of nitrogens with zero attached hydrogens (tertiary/aromatic N) is 3. The lowest BCUT2D eigenvalue weighted by Gasteiger charge is -2.12. The van der Waals surface area contributed by atoms with Crippen LogP contribution < -0.4 is 10.6 Å². The van der Waals surface area contributed by atoms with Gasteiger partial charge in [-0.15, -0.1) is 24.0 Å². The molecule has 0 amide bonds. The molecule has 22 heavy (non-hydrogen) atoms. The van der Waals surface area contributed by atoms with Gasteiger partial charge in [-0.1, -0.05) is 26.2 Å². The lowest BCUT2D eigenvalue weighted by atomic mass is 10.2. The van der Waals surface area contributed by atoms with Gasteiger partial charge in [0.25, 0.3) is 0 Å². The van der Waals surface area contributed by atoms with Gasteiger partial charge in [-0.05, 0) is 26.2 Å². The van der Waals surface area contributed by atoms with E-state index in [1.54, 1.807) is 0 Å². The molecule has 1 aromatic rings. The van der Waals surface area contributed by atoms with Crippen molar-refractivity contribution >= 4 is 29.9 Å². The summed E-state index contributed by atoms with van der Waals surface area (Å²) < 4.78 is 2.20. The molecule has 0 aromatic carbocycles. The summed E-state index contributed by atoms with van der Waals surface area (Å²) in [5, 5.41) is 6.73. The molecule has 1 aromatic heterocycles. The van der Waals surface area contributed by atoms with E-state index in [1.165, 1.54) is 25.7 Å². The quantitative estimate of drug-likeness (QED) is 0.264. The van der Waals surface area contributed by atoms with Gasteiger partial charge in [0, 0.05) is 39.1 Å². The van der Waals surface area contributed by atoms with Crippen molar-refractivity contribution in [3.05, 3.63) is 18.2 Å². The average Bonchev–Trinajstić information content (AvgIpc) is 2.90. The maximum absolute atomic E-state index is 4.25. The Morgan fingerprint density at radius 3 is 2.36 bits per heavy atom. The monoisotopic (exact) mass is 421 g/mol. The van der Waals surface area contributed by atoms with Crippen LogP contribution in [0.4, 0.5) is 0 Å². The van der Waals surface area contributed by atoms with Crippen LogP contribution >= 0.6 is 24.0 Å². The predicted molar refractivity (Wildman–Crippen MR) is 105 cm³/mol. The lowest BCUT2D eigenvalue weighted by molar-refractivity contribution is 0.586. The van der Waals surface area contributed by atoms with Gasteiger partial charge >= 0.3 is 0 Å². The summed E-state index contributed by atoms with van der Waals surface area (Å²) in [7, 11) is 1.83. The molecule has 2 N–H and O–H groups in total. The summed E-state index contributed by atoms with van der Waals surface area (Å²) in [6.07, 6.45) is 11.3. The molecule has 6 heteroatoms. The molecular weight excluding hydrogens is 389 g/mol.